The Morgan fingerprint density at radius 2 is 1.73 bits per heavy atom. The van der Waals surface area contributed by atoms with Gasteiger partial charge in [0.1, 0.15) is 5.82 Å². The summed E-state index contributed by atoms with van der Waals surface area (Å²) in [6, 6.07) is 16.9. The molecular weight excluding hydrogens is 440 g/mol. The number of unbranched alkanes of at least 4 members (excludes halogenated alkanes) is 1. The van der Waals surface area contributed by atoms with Gasteiger partial charge in [-0.15, -0.1) is 0 Å². The maximum absolute atomic E-state index is 13.3. The lowest BCUT2D eigenvalue weighted by atomic mass is 10.1. The number of H-pyrrole nitrogens is 1. The number of nitrogens with two attached hydrogens (primary N) is 1. The van der Waals surface area contributed by atoms with Gasteiger partial charge in [0.2, 0.25) is 5.91 Å². The highest BCUT2D eigenvalue weighted by Crippen LogP contribution is 2.22. The van der Waals surface area contributed by atoms with E-state index in [2.05, 4.69) is 4.98 Å². The van der Waals surface area contributed by atoms with Crippen LogP contribution in [0.5, 0.6) is 0 Å². The van der Waals surface area contributed by atoms with Crippen LogP contribution in [0.3, 0.4) is 0 Å². The van der Waals surface area contributed by atoms with Gasteiger partial charge < -0.3 is 10.6 Å². The number of nitrogens with zero attached hydrogens (tertiary/aromatic N) is 2. The van der Waals surface area contributed by atoms with Gasteiger partial charge in [-0.25, -0.2) is 4.79 Å². The van der Waals surface area contributed by atoms with Gasteiger partial charge in [0.15, 0.2) is 5.69 Å². The van der Waals surface area contributed by atoms with Gasteiger partial charge in [-0.05, 0) is 42.5 Å². The molecule has 1 heterocycles. The van der Waals surface area contributed by atoms with E-state index in [9.17, 15) is 14.4 Å². The first-order valence-corrected chi connectivity index (χ1v) is 11.5. The first kappa shape index (κ1) is 24.3. The summed E-state index contributed by atoms with van der Waals surface area (Å²) in [4.78, 5) is 42.2. The molecule has 0 atom stereocenters. The molecule has 2 aromatic carbocycles. The van der Waals surface area contributed by atoms with Crippen LogP contribution in [0.15, 0.2) is 64.2 Å². The minimum absolute atomic E-state index is 0.0131. The number of hydrogen-bond donors (Lipinski definition) is 2. The Bertz CT molecular complexity index is 1190. The van der Waals surface area contributed by atoms with Crippen LogP contribution in [0.1, 0.15) is 43.7 Å². The molecule has 0 aliphatic heterocycles. The molecule has 0 saturated heterocycles. The number of benzene rings is 2. The van der Waals surface area contributed by atoms with Crippen molar-refractivity contribution in [2.75, 3.05) is 10.6 Å². The normalized spacial score (nSPS) is 10.8. The van der Waals surface area contributed by atoms with Gasteiger partial charge in [0.25, 0.3) is 5.56 Å². The first-order chi connectivity index (χ1) is 15.9. The van der Waals surface area contributed by atoms with Crippen molar-refractivity contribution in [1.29, 1.82) is 0 Å². The van der Waals surface area contributed by atoms with Crippen LogP contribution < -0.4 is 21.9 Å². The molecule has 0 saturated carbocycles. The Hall–Kier alpha value is -3.32. The van der Waals surface area contributed by atoms with Crippen LogP contribution in [0.4, 0.5) is 11.5 Å². The summed E-state index contributed by atoms with van der Waals surface area (Å²) < 4.78 is 1.33. The molecule has 33 heavy (non-hydrogen) atoms. The topological polar surface area (TPSA) is 101 Å². The molecule has 7 nitrogen and oxygen atoms in total. The van der Waals surface area contributed by atoms with E-state index in [-0.39, 0.29) is 30.4 Å². The Kier molecular flexibility index (Phi) is 8.49. The zero-order valence-corrected chi connectivity index (χ0v) is 19.5. The van der Waals surface area contributed by atoms with Crippen LogP contribution in [-0.2, 0) is 24.3 Å². The zero-order chi connectivity index (χ0) is 23.8. The summed E-state index contributed by atoms with van der Waals surface area (Å²) >= 11 is 5.94. The summed E-state index contributed by atoms with van der Waals surface area (Å²) in [5, 5.41) is 0.664. The van der Waals surface area contributed by atoms with E-state index < -0.39 is 11.2 Å². The number of amides is 1. The van der Waals surface area contributed by atoms with Crippen molar-refractivity contribution in [3.63, 3.8) is 0 Å². The van der Waals surface area contributed by atoms with Gasteiger partial charge in [-0.1, -0.05) is 67.4 Å². The predicted molar refractivity (Wildman–Crippen MR) is 133 cm³/mol. The third-order valence-corrected chi connectivity index (χ3v) is 5.73. The fourth-order valence-electron chi connectivity index (χ4n) is 3.66. The molecule has 8 heteroatoms. The third-order valence-electron chi connectivity index (χ3n) is 5.47. The van der Waals surface area contributed by atoms with Crippen molar-refractivity contribution in [3.05, 3.63) is 91.6 Å². The van der Waals surface area contributed by atoms with Gasteiger partial charge in [-0.3, -0.25) is 19.1 Å². The second-order valence-electron chi connectivity index (χ2n) is 7.94. The molecule has 1 aromatic heterocycles. The molecule has 0 fully saturated rings. The van der Waals surface area contributed by atoms with Crippen LogP contribution in [0, 0.1) is 0 Å². The van der Waals surface area contributed by atoms with E-state index in [1.807, 2.05) is 61.5 Å². The van der Waals surface area contributed by atoms with Gasteiger partial charge >= 0.3 is 5.69 Å². The number of aryl methyl sites for hydroxylation is 1. The number of carbonyl (C=O) groups is 1. The SMILES string of the molecule is CCCCn1c(N)c(N(Cc2ccccc2)C(=O)CCCc2ccc(Cl)cc2)c(=O)[nH]c1=O. The number of aromatic nitrogens is 2. The van der Waals surface area contributed by atoms with Crippen LogP contribution >= 0.6 is 11.6 Å². The minimum atomic E-state index is -0.660. The smallest absolute Gasteiger partial charge is 0.330 e. The Balaban J connectivity index is 1.89. The zero-order valence-electron chi connectivity index (χ0n) is 18.7. The van der Waals surface area contributed by atoms with E-state index >= 15 is 0 Å². The average molecular weight is 469 g/mol. The maximum Gasteiger partial charge on any atom is 0.330 e. The highest BCUT2D eigenvalue weighted by Gasteiger charge is 2.24. The summed E-state index contributed by atoms with van der Waals surface area (Å²) in [5.41, 5.74) is 7.01. The number of nitrogen functional groups attached to an aromatic ring is 1. The summed E-state index contributed by atoms with van der Waals surface area (Å²) in [5.74, 6) is -0.218. The highest BCUT2D eigenvalue weighted by molar-refractivity contribution is 6.30. The lowest BCUT2D eigenvalue weighted by Crippen LogP contribution is -2.41. The Morgan fingerprint density at radius 3 is 2.39 bits per heavy atom. The lowest BCUT2D eigenvalue weighted by molar-refractivity contribution is -0.118. The minimum Gasteiger partial charge on any atom is -0.383 e. The van der Waals surface area contributed by atoms with Crippen LogP contribution in [0.2, 0.25) is 5.02 Å². The molecule has 0 unspecified atom stereocenters. The number of halogens is 1. The first-order valence-electron chi connectivity index (χ1n) is 11.1. The molecule has 3 aromatic rings. The van der Waals surface area contributed by atoms with E-state index in [1.165, 1.54) is 9.47 Å². The number of carbonyl (C=O) groups excluding carboxylic acids is 1. The van der Waals surface area contributed by atoms with E-state index in [1.54, 1.807) is 0 Å². The van der Waals surface area contributed by atoms with Crippen molar-refractivity contribution < 1.29 is 4.79 Å². The average Bonchev–Trinajstić information content (AvgIpc) is 2.80. The molecule has 0 aliphatic carbocycles. The molecule has 0 radical (unpaired) electrons. The van der Waals surface area contributed by atoms with E-state index in [0.717, 1.165) is 24.0 Å². The molecule has 1 amide bonds. The van der Waals surface area contributed by atoms with Gasteiger partial charge in [0, 0.05) is 18.0 Å². The van der Waals surface area contributed by atoms with Crippen molar-refractivity contribution >= 4 is 29.0 Å². The quantitative estimate of drug-likeness (QED) is 0.467. The molecule has 174 valence electrons. The molecule has 3 rings (SSSR count). The number of hydrogen-bond acceptors (Lipinski definition) is 4. The molecule has 0 bridgehead atoms. The van der Waals surface area contributed by atoms with Crippen molar-refractivity contribution in [2.24, 2.45) is 0 Å². The van der Waals surface area contributed by atoms with Crippen LogP contribution in [0.25, 0.3) is 0 Å². The summed E-state index contributed by atoms with van der Waals surface area (Å²) in [7, 11) is 0. The van der Waals surface area contributed by atoms with E-state index in [0.29, 0.717) is 24.4 Å². The summed E-state index contributed by atoms with van der Waals surface area (Å²) in [6.07, 6.45) is 3.10. The maximum atomic E-state index is 13.3. The molecule has 0 spiro atoms. The Morgan fingerprint density at radius 1 is 1.03 bits per heavy atom. The predicted octanol–water partition coefficient (Wildman–Crippen LogP) is 4.13. The summed E-state index contributed by atoms with van der Waals surface area (Å²) in [6.45, 7) is 2.55. The number of aromatic amines is 1. The largest absolute Gasteiger partial charge is 0.383 e. The standard InChI is InChI=1S/C25H29ClN4O3/c1-2-3-16-29-23(27)22(24(32)28-25(29)33)30(17-19-8-5-4-6-9-19)21(31)11-7-10-18-12-14-20(26)15-13-18/h4-6,8-9,12-15H,2-3,7,10-11,16-17,27H2,1H3,(H,28,32,33). The van der Waals surface area contributed by atoms with Gasteiger partial charge in [-0.2, -0.15) is 0 Å². The van der Waals surface area contributed by atoms with E-state index in [4.69, 9.17) is 17.3 Å². The Labute approximate surface area is 197 Å². The fraction of sp³-hybridized carbons (Fsp3) is 0.320. The van der Waals surface area contributed by atoms with Crippen molar-refractivity contribution in [3.8, 4) is 0 Å². The monoisotopic (exact) mass is 468 g/mol. The van der Waals surface area contributed by atoms with Crippen LogP contribution in [-0.4, -0.2) is 15.5 Å². The highest BCUT2D eigenvalue weighted by atomic mass is 35.5. The van der Waals surface area contributed by atoms with Crippen molar-refractivity contribution in [2.45, 2.75) is 52.1 Å². The van der Waals surface area contributed by atoms with Crippen molar-refractivity contribution in [1.82, 2.24) is 9.55 Å². The molecular formula is C25H29ClN4O3. The van der Waals surface area contributed by atoms with Gasteiger partial charge in [0.05, 0.1) is 6.54 Å². The number of nitrogens with one attached hydrogen (secondary N) is 1. The number of rotatable bonds is 10. The third kappa shape index (κ3) is 6.35. The number of anilines is 2. The molecule has 0 aliphatic rings. The molecule has 3 N–H and O–H groups in total. The second kappa shape index (κ2) is 11.5. The lowest BCUT2D eigenvalue weighted by Gasteiger charge is -2.25. The second-order valence-corrected chi connectivity index (χ2v) is 8.38. The fourth-order valence-corrected chi connectivity index (χ4v) is 3.79.